The second-order valence-corrected chi connectivity index (χ2v) is 4.83. The molecule has 0 aliphatic heterocycles. The van der Waals surface area contributed by atoms with E-state index in [0.29, 0.717) is 23.8 Å². The largest absolute Gasteiger partial charge is 0.310 e. The SMILES string of the molecule is CCCn1c(CBr)nnc1-c1cc(F)c(F)cc1[N+](=O)[O-]. The van der Waals surface area contributed by atoms with E-state index < -0.39 is 22.2 Å². The van der Waals surface area contributed by atoms with E-state index in [1.54, 1.807) is 4.57 Å². The van der Waals surface area contributed by atoms with E-state index in [1.165, 1.54) is 0 Å². The third kappa shape index (κ3) is 2.92. The van der Waals surface area contributed by atoms with Crippen LogP contribution in [0.25, 0.3) is 11.4 Å². The molecular weight excluding hydrogens is 350 g/mol. The second-order valence-electron chi connectivity index (χ2n) is 4.27. The molecule has 0 aliphatic rings. The minimum atomic E-state index is -1.27. The molecular formula is C12H11BrF2N4O2. The Morgan fingerprint density at radius 2 is 2.00 bits per heavy atom. The molecule has 2 aromatic rings. The normalized spacial score (nSPS) is 10.9. The van der Waals surface area contributed by atoms with Gasteiger partial charge in [0.1, 0.15) is 11.4 Å². The lowest BCUT2D eigenvalue weighted by atomic mass is 10.1. The number of hydrogen-bond donors (Lipinski definition) is 0. The first-order chi connectivity index (χ1) is 9.99. The van der Waals surface area contributed by atoms with Crippen LogP contribution in [0.4, 0.5) is 14.5 Å². The molecule has 0 unspecified atom stereocenters. The van der Waals surface area contributed by atoms with Gasteiger partial charge in [0, 0.05) is 6.54 Å². The maximum atomic E-state index is 13.5. The summed E-state index contributed by atoms with van der Waals surface area (Å²) in [6.07, 6.45) is 0.739. The van der Waals surface area contributed by atoms with Crippen molar-refractivity contribution in [1.29, 1.82) is 0 Å². The molecule has 0 spiro atoms. The first-order valence-corrected chi connectivity index (χ1v) is 7.23. The summed E-state index contributed by atoms with van der Waals surface area (Å²) in [4.78, 5) is 10.3. The minimum Gasteiger partial charge on any atom is -0.310 e. The Hall–Kier alpha value is -1.90. The molecule has 1 heterocycles. The molecule has 0 bridgehead atoms. The van der Waals surface area contributed by atoms with Crippen molar-refractivity contribution in [3.8, 4) is 11.4 Å². The zero-order valence-corrected chi connectivity index (χ0v) is 12.6. The number of nitro benzene ring substituents is 1. The first kappa shape index (κ1) is 15.5. The van der Waals surface area contributed by atoms with Crippen molar-refractivity contribution in [3.63, 3.8) is 0 Å². The van der Waals surface area contributed by atoms with E-state index in [1.807, 2.05) is 6.92 Å². The highest BCUT2D eigenvalue weighted by molar-refractivity contribution is 9.08. The lowest BCUT2D eigenvalue weighted by Gasteiger charge is -2.08. The molecule has 2 rings (SSSR count). The molecule has 0 saturated heterocycles. The number of hydrogen-bond acceptors (Lipinski definition) is 4. The fourth-order valence-corrected chi connectivity index (χ4v) is 2.37. The molecule has 0 atom stereocenters. The van der Waals surface area contributed by atoms with E-state index in [0.717, 1.165) is 12.5 Å². The van der Waals surface area contributed by atoms with Gasteiger partial charge in [0.05, 0.1) is 16.3 Å². The van der Waals surface area contributed by atoms with Gasteiger partial charge in [0.25, 0.3) is 5.69 Å². The minimum absolute atomic E-state index is 0.0907. The second kappa shape index (κ2) is 6.25. The topological polar surface area (TPSA) is 73.8 Å². The molecule has 112 valence electrons. The zero-order valence-electron chi connectivity index (χ0n) is 11.0. The van der Waals surface area contributed by atoms with Gasteiger partial charge in [-0.3, -0.25) is 10.1 Å². The van der Waals surface area contributed by atoms with Crippen molar-refractivity contribution in [1.82, 2.24) is 14.8 Å². The van der Waals surface area contributed by atoms with Crippen LogP contribution in [0.15, 0.2) is 12.1 Å². The summed E-state index contributed by atoms with van der Waals surface area (Å²) in [6, 6.07) is 1.34. The smallest absolute Gasteiger partial charge is 0.283 e. The fourth-order valence-electron chi connectivity index (χ4n) is 1.96. The summed E-state index contributed by atoms with van der Waals surface area (Å²) in [5.74, 6) is -1.72. The molecule has 0 N–H and O–H groups in total. The van der Waals surface area contributed by atoms with Crippen LogP contribution in [-0.4, -0.2) is 19.7 Å². The van der Waals surface area contributed by atoms with Gasteiger partial charge in [-0.1, -0.05) is 22.9 Å². The van der Waals surface area contributed by atoms with Gasteiger partial charge in [0.2, 0.25) is 0 Å². The Kier molecular flexibility index (Phi) is 4.61. The fraction of sp³-hybridized carbons (Fsp3) is 0.333. The van der Waals surface area contributed by atoms with Gasteiger partial charge in [-0.15, -0.1) is 10.2 Å². The number of rotatable bonds is 5. The van der Waals surface area contributed by atoms with Crippen molar-refractivity contribution < 1.29 is 13.7 Å². The monoisotopic (exact) mass is 360 g/mol. The molecule has 0 aliphatic carbocycles. The predicted molar refractivity (Wildman–Crippen MR) is 75.0 cm³/mol. The molecule has 1 aromatic heterocycles. The Morgan fingerprint density at radius 3 is 2.57 bits per heavy atom. The van der Waals surface area contributed by atoms with Crippen molar-refractivity contribution in [3.05, 3.63) is 39.7 Å². The van der Waals surface area contributed by atoms with E-state index >= 15 is 0 Å². The maximum Gasteiger partial charge on any atom is 0.283 e. The Labute approximate surface area is 127 Å². The quantitative estimate of drug-likeness (QED) is 0.465. The standard InChI is InChI=1S/C12H11BrF2N4O2/c1-2-3-18-11(6-13)16-17-12(18)7-4-8(14)9(15)5-10(7)19(20)21/h4-5H,2-3,6H2,1H3. The summed E-state index contributed by atoms with van der Waals surface area (Å²) in [5.41, 5.74) is -0.633. The number of halogens is 3. The Balaban J connectivity index is 2.69. The van der Waals surface area contributed by atoms with Gasteiger partial charge < -0.3 is 4.57 Å². The number of nitro groups is 1. The van der Waals surface area contributed by atoms with Crippen LogP contribution >= 0.6 is 15.9 Å². The van der Waals surface area contributed by atoms with E-state index in [9.17, 15) is 18.9 Å². The third-order valence-corrected chi connectivity index (χ3v) is 3.37. The molecule has 0 amide bonds. The van der Waals surface area contributed by atoms with Gasteiger partial charge in [0.15, 0.2) is 17.5 Å². The average Bonchev–Trinajstić information content (AvgIpc) is 2.84. The lowest BCUT2D eigenvalue weighted by Crippen LogP contribution is -2.06. The molecule has 1 aromatic carbocycles. The van der Waals surface area contributed by atoms with E-state index in [4.69, 9.17) is 0 Å². The van der Waals surface area contributed by atoms with E-state index in [2.05, 4.69) is 26.1 Å². The lowest BCUT2D eigenvalue weighted by molar-refractivity contribution is -0.384. The number of aromatic nitrogens is 3. The molecule has 6 nitrogen and oxygen atoms in total. The van der Waals surface area contributed by atoms with Gasteiger partial charge in [-0.2, -0.15) is 0 Å². The van der Waals surface area contributed by atoms with Crippen LogP contribution in [0.5, 0.6) is 0 Å². The first-order valence-electron chi connectivity index (χ1n) is 6.11. The molecule has 0 saturated carbocycles. The zero-order chi connectivity index (χ0) is 15.6. The average molecular weight is 361 g/mol. The predicted octanol–water partition coefficient (Wildman–Crippen LogP) is 3.44. The van der Waals surface area contributed by atoms with Gasteiger partial charge >= 0.3 is 0 Å². The molecule has 0 fully saturated rings. The highest BCUT2D eigenvalue weighted by Crippen LogP contribution is 2.31. The van der Waals surface area contributed by atoms with Crippen LogP contribution in [-0.2, 0) is 11.9 Å². The van der Waals surface area contributed by atoms with Crippen LogP contribution in [0.2, 0.25) is 0 Å². The number of nitrogens with zero attached hydrogens (tertiary/aromatic N) is 4. The molecule has 9 heteroatoms. The van der Waals surface area contributed by atoms with Crippen LogP contribution in [0.1, 0.15) is 19.2 Å². The highest BCUT2D eigenvalue weighted by atomic mass is 79.9. The van der Waals surface area contributed by atoms with Crippen LogP contribution < -0.4 is 0 Å². The number of benzene rings is 1. The maximum absolute atomic E-state index is 13.5. The summed E-state index contributed by atoms with van der Waals surface area (Å²) in [7, 11) is 0. The Bertz CT molecular complexity index is 690. The van der Waals surface area contributed by atoms with Crippen molar-refractivity contribution in [2.45, 2.75) is 25.2 Å². The third-order valence-electron chi connectivity index (χ3n) is 2.87. The van der Waals surface area contributed by atoms with Crippen molar-refractivity contribution in [2.75, 3.05) is 0 Å². The summed E-state index contributed by atoms with van der Waals surface area (Å²) >= 11 is 3.25. The van der Waals surface area contributed by atoms with Crippen LogP contribution in [0, 0.1) is 21.7 Å². The molecule has 0 radical (unpaired) electrons. The Morgan fingerprint density at radius 1 is 1.33 bits per heavy atom. The summed E-state index contributed by atoms with van der Waals surface area (Å²) < 4.78 is 28.3. The van der Waals surface area contributed by atoms with Gasteiger partial charge in [-0.05, 0) is 12.5 Å². The number of alkyl halides is 1. The van der Waals surface area contributed by atoms with Crippen molar-refractivity contribution >= 4 is 21.6 Å². The summed E-state index contributed by atoms with van der Waals surface area (Å²) in [6.45, 7) is 2.43. The molecule has 21 heavy (non-hydrogen) atoms. The summed E-state index contributed by atoms with van der Waals surface area (Å²) in [5, 5.41) is 19.2. The highest BCUT2D eigenvalue weighted by Gasteiger charge is 2.24. The van der Waals surface area contributed by atoms with E-state index in [-0.39, 0.29) is 11.4 Å². The van der Waals surface area contributed by atoms with Gasteiger partial charge in [-0.25, -0.2) is 8.78 Å². The van der Waals surface area contributed by atoms with Crippen LogP contribution in [0.3, 0.4) is 0 Å². The van der Waals surface area contributed by atoms with Crippen molar-refractivity contribution in [2.24, 2.45) is 0 Å².